The van der Waals surface area contributed by atoms with Crippen LogP contribution in [0.15, 0.2) is 72.8 Å². The SMILES string of the molecule is COc1ccccc1[C@H]1CN(Cc2cccc(C)n2)C[C@@H]1CN(CC(C)C)C(=O)c1ccccc1. The Morgan fingerprint density at radius 2 is 1.77 bits per heavy atom. The molecule has 1 fully saturated rings. The number of aryl methyl sites for hydroxylation is 1. The highest BCUT2D eigenvalue weighted by Crippen LogP contribution is 2.38. The van der Waals surface area contributed by atoms with Gasteiger partial charge in [0.05, 0.1) is 12.8 Å². The van der Waals surface area contributed by atoms with Crippen molar-refractivity contribution in [1.29, 1.82) is 0 Å². The number of methoxy groups -OCH3 is 1. The average Bonchev–Trinajstić information content (AvgIpc) is 3.25. The Hall–Kier alpha value is -3.18. The third-order valence-corrected chi connectivity index (χ3v) is 6.74. The molecule has 2 heterocycles. The van der Waals surface area contributed by atoms with Crippen LogP contribution in [0.1, 0.15) is 47.1 Å². The van der Waals surface area contributed by atoms with Crippen molar-refractivity contribution in [1.82, 2.24) is 14.8 Å². The summed E-state index contributed by atoms with van der Waals surface area (Å²) < 4.78 is 5.75. The number of hydrogen-bond acceptors (Lipinski definition) is 4. The lowest BCUT2D eigenvalue weighted by Gasteiger charge is -2.30. The van der Waals surface area contributed by atoms with Crippen molar-refractivity contribution in [2.24, 2.45) is 11.8 Å². The van der Waals surface area contributed by atoms with Crippen LogP contribution in [-0.2, 0) is 6.54 Å². The molecule has 0 bridgehead atoms. The molecule has 0 unspecified atom stereocenters. The number of ether oxygens (including phenoxy) is 1. The maximum Gasteiger partial charge on any atom is 0.253 e. The van der Waals surface area contributed by atoms with E-state index in [0.29, 0.717) is 18.4 Å². The lowest BCUT2D eigenvalue weighted by molar-refractivity contribution is 0.0703. The van der Waals surface area contributed by atoms with E-state index in [9.17, 15) is 4.79 Å². The smallest absolute Gasteiger partial charge is 0.253 e. The maximum atomic E-state index is 13.5. The molecule has 35 heavy (non-hydrogen) atoms. The predicted molar refractivity (Wildman–Crippen MR) is 141 cm³/mol. The molecule has 1 aliphatic heterocycles. The number of carbonyl (C=O) groups is 1. The van der Waals surface area contributed by atoms with E-state index in [1.54, 1.807) is 7.11 Å². The number of carbonyl (C=O) groups excluding carboxylic acids is 1. The molecular formula is C30H37N3O2. The number of rotatable bonds is 9. The molecule has 0 N–H and O–H groups in total. The highest BCUT2D eigenvalue weighted by atomic mass is 16.5. The average molecular weight is 472 g/mol. The van der Waals surface area contributed by atoms with Crippen LogP contribution in [0.5, 0.6) is 5.75 Å². The summed E-state index contributed by atoms with van der Waals surface area (Å²) in [6.45, 7) is 10.5. The fourth-order valence-electron chi connectivity index (χ4n) is 5.24. The summed E-state index contributed by atoms with van der Waals surface area (Å²) in [5.41, 5.74) is 4.09. The van der Waals surface area contributed by atoms with Crippen molar-refractivity contribution in [2.75, 3.05) is 33.3 Å². The largest absolute Gasteiger partial charge is 0.496 e. The first-order valence-electron chi connectivity index (χ1n) is 12.6. The molecule has 1 aromatic heterocycles. The number of likely N-dealkylation sites (tertiary alicyclic amines) is 1. The van der Waals surface area contributed by atoms with E-state index >= 15 is 0 Å². The molecule has 2 atom stereocenters. The van der Waals surface area contributed by atoms with Gasteiger partial charge in [-0.3, -0.25) is 14.7 Å². The topological polar surface area (TPSA) is 45.7 Å². The quantitative estimate of drug-likeness (QED) is 0.418. The van der Waals surface area contributed by atoms with Gasteiger partial charge in [-0.2, -0.15) is 0 Å². The van der Waals surface area contributed by atoms with Crippen LogP contribution in [0.3, 0.4) is 0 Å². The van der Waals surface area contributed by atoms with Crippen LogP contribution in [-0.4, -0.2) is 54.0 Å². The minimum atomic E-state index is 0.108. The Morgan fingerprint density at radius 3 is 2.49 bits per heavy atom. The van der Waals surface area contributed by atoms with E-state index in [0.717, 1.165) is 48.9 Å². The van der Waals surface area contributed by atoms with Crippen molar-refractivity contribution in [3.63, 3.8) is 0 Å². The van der Waals surface area contributed by atoms with Crippen LogP contribution in [0.25, 0.3) is 0 Å². The summed E-state index contributed by atoms with van der Waals surface area (Å²) >= 11 is 0. The first-order valence-corrected chi connectivity index (χ1v) is 12.6. The minimum Gasteiger partial charge on any atom is -0.496 e. The zero-order valence-electron chi connectivity index (χ0n) is 21.4. The summed E-state index contributed by atoms with van der Waals surface area (Å²) in [6.07, 6.45) is 0. The zero-order valence-corrected chi connectivity index (χ0v) is 21.4. The lowest BCUT2D eigenvalue weighted by Crippen LogP contribution is -2.39. The molecule has 1 aliphatic rings. The molecule has 1 saturated heterocycles. The van der Waals surface area contributed by atoms with E-state index < -0.39 is 0 Å². The van der Waals surface area contributed by atoms with Crippen LogP contribution in [0, 0.1) is 18.8 Å². The number of aromatic nitrogens is 1. The van der Waals surface area contributed by atoms with Crippen molar-refractivity contribution in [2.45, 2.75) is 33.2 Å². The molecule has 0 spiro atoms. The molecule has 3 aromatic rings. The van der Waals surface area contributed by atoms with Gasteiger partial charge in [0.1, 0.15) is 5.75 Å². The molecule has 0 saturated carbocycles. The Balaban J connectivity index is 1.61. The summed E-state index contributed by atoms with van der Waals surface area (Å²) in [5.74, 6) is 1.98. The molecule has 1 amide bonds. The fourth-order valence-corrected chi connectivity index (χ4v) is 5.24. The summed E-state index contributed by atoms with van der Waals surface area (Å²) in [5, 5.41) is 0. The molecule has 0 aliphatic carbocycles. The van der Waals surface area contributed by atoms with Gasteiger partial charge in [0.15, 0.2) is 0 Å². The molecule has 5 nitrogen and oxygen atoms in total. The second-order valence-corrected chi connectivity index (χ2v) is 10.0. The number of pyridine rings is 1. The molecule has 4 rings (SSSR count). The van der Waals surface area contributed by atoms with Crippen molar-refractivity contribution >= 4 is 5.91 Å². The number of benzene rings is 2. The van der Waals surface area contributed by atoms with Gasteiger partial charge < -0.3 is 9.64 Å². The Kier molecular flexibility index (Phi) is 8.19. The van der Waals surface area contributed by atoms with Gasteiger partial charge in [-0.15, -0.1) is 0 Å². The molecule has 184 valence electrons. The summed E-state index contributed by atoms with van der Waals surface area (Å²) in [6, 6.07) is 24.2. The normalized spacial score (nSPS) is 18.1. The van der Waals surface area contributed by atoms with E-state index in [2.05, 4.69) is 47.9 Å². The van der Waals surface area contributed by atoms with Crippen LogP contribution in [0.4, 0.5) is 0 Å². The van der Waals surface area contributed by atoms with Crippen LogP contribution >= 0.6 is 0 Å². The Labute approximate surface area is 209 Å². The van der Waals surface area contributed by atoms with Gasteiger partial charge >= 0.3 is 0 Å². The number of amides is 1. The van der Waals surface area contributed by atoms with E-state index in [4.69, 9.17) is 9.72 Å². The number of nitrogens with zero attached hydrogens (tertiary/aromatic N) is 3. The zero-order chi connectivity index (χ0) is 24.8. The van der Waals surface area contributed by atoms with Crippen molar-refractivity contribution in [3.8, 4) is 5.75 Å². The van der Waals surface area contributed by atoms with Crippen LogP contribution < -0.4 is 4.74 Å². The first-order chi connectivity index (χ1) is 16.9. The molecule has 0 radical (unpaired) electrons. The monoisotopic (exact) mass is 471 g/mol. The fraction of sp³-hybridized carbons (Fsp3) is 0.400. The van der Waals surface area contributed by atoms with Crippen molar-refractivity contribution in [3.05, 3.63) is 95.3 Å². The predicted octanol–water partition coefficient (Wildman–Crippen LogP) is 5.41. The van der Waals surface area contributed by atoms with Gasteiger partial charge in [0, 0.05) is 49.9 Å². The molecule has 5 heteroatoms. The Bertz CT molecular complexity index is 1120. The minimum absolute atomic E-state index is 0.108. The second-order valence-electron chi connectivity index (χ2n) is 10.0. The third-order valence-electron chi connectivity index (χ3n) is 6.74. The highest BCUT2D eigenvalue weighted by molar-refractivity contribution is 5.94. The van der Waals surface area contributed by atoms with E-state index in [1.165, 1.54) is 5.56 Å². The second kappa shape index (κ2) is 11.5. The van der Waals surface area contributed by atoms with Gasteiger partial charge in [0.2, 0.25) is 0 Å². The summed E-state index contributed by atoms with van der Waals surface area (Å²) in [7, 11) is 1.74. The highest BCUT2D eigenvalue weighted by Gasteiger charge is 2.37. The van der Waals surface area contributed by atoms with Gasteiger partial charge in [-0.05, 0) is 54.7 Å². The van der Waals surface area contributed by atoms with Gasteiger partial charge in [-0.25, -0.2) is 0 Å². The lowest BCUT2D eigenvalue weighted by atomic mass is 9.87. The standard InChI is InChI=1S/C30H37N3O2/c1-22(2)17-33(30(34)24-12-6-5-7-13-24)19-25-18-32(20-26-14-10-11-23(3)31-26)21-28(25)27-15-8-9-16-29(27)35-4/h5-16,22,25,28H,17-21H2,1-4H3/t25-,28+/m1/s1. The van der Waals surface area contributed by atoms with Gasteiger partial charge in [-0.1, -0.05) is 56.3 Å². The van der Waals surface area contributed by atoms with Crippen LogP contribution in [0.2, 0.25) is 0 Å². The van der Waals surface area contributed by atoms with E-state index in [-0.39, 0.29) is 11.8 Å². The Morgan fingerprint density at radius 1 is 1.03 bits per heavy atom. The maximum absolute atomic E-state index is 13.5. The number of para-hydroxylation sites is 1. The first kappa shape index (κ1) is 24.9. The van der Waals surface area contributed by atoms with Crippen molar-refractivity contribution < 1.29 is 9.53 Å². The molecular weight excluding hydrogens is 434 g/mol. The third kappa shape index (κ3) is 6.29. The summed E-state index contributed by atoms with van der Waals surface area (Å²) in [4.78, 5) is 22.8. The van der Waals surface area contributed by atoms with E-state index in [1.807, 2.05) is 55.5 Å². The van der Waals surface area contributed by atoms with Gasteiger partial charge in [0.25, 0.3) is 5.91 Å². The number of hydrogen-bond donors (Lipinski definition) is 0. The molecule has 2 aromatic carbocycles.